The number of hydrogen-bond acceptors (Lipinski definition) is 3. The molecule has 0 saturated carbocycles. The van der Waals surface area contributed by atoms with Crippen molar-refractivity contribution in [3.63, 3.8) is 0 Å². The number of hydrogen-bond donors (Lipinski definition) is 1. The van der Waals surface area contributed by atoms with E-state index in [2.05, 4.69) is 4.90 Å². The standard InChI is InChI=1S/C16H24ClNO2/c1-12-8-15(9-13(2)16(12)17)20-11-14(19)10-18-6-4-3-5-7-18/h8-9,14,19H,3-7,10-11H2,1-2H3. The molecule has 0 amide bonds. The van der Waals surface area contributed by atoms with E-state index in [1.165, 1.54) is 19.3 Å². The first-order chi connectivity index (χ1) is 9.56. The molecule has 0 aromatic heterocycles. The van der Waals surface area contributed by atoms with Gasteiger partial charge in [-0.15, -0.1) is 0 Å². The highest BCUT2D eigenvalue weighted by atomic mass is 35.5. The minimum atomic E-state index is -0.440. The van der Waals surface area contributed by atoms with E-state index < -0.39 is 6.10 Å². The van der Waals surface area contributed by atoms with E-state index in [9.17, 15) is 5.11 Å². The van der Waals surface area contributed by atoms with Crippen molar-refractivity contribution in [1.82, 2.24) is 4.90 Å². The minimum Gasteiger partial charge on any atom is -0.491 e. The number of likely N-dealkylation sites (tertiary alicyclic amines) is 1. The molecule has 0 spiro atoms. The van der Waals surface area contributed by atoms with Crippen molar-refractivity contribution in [2.24, 2.45) is 0 Å². The van der Waals surface area contributed by atoms with E-state index >= 15 is 0 Å². The molecule has 1 unspecified atom stereocenters. The van der Waals surface area contributed by atoms with Crippen LogP contribution in [0.2, 0.25) is 5.02 Å². The van der Waals surface area contributed by atoms with Crippen LogP contribution in [0.3, 0.4) is 0 Å². The second-order valence-electron chi connectivity index (χ2n) is 5.70. The van der Waals surface area contributed by atoms with Crippen LogP contribution in [0, 0.1) is 13.8 Å². The highest BCUT2D eigenvalue weighted by Crippen LogP contribution is 2.25. The van der Waals surface area contributed by atoms with Crippen molar-refractivity contribution < 1.29 is 9.84 Å². The topological polar surface area (TPSA) is 32.7 Å². The molecular formula is C16H24ClNO2. The number of nitrogens with zero attached hydrogens (tertiary/aromatic N) is 1. The lowest BCUT2D eigenvalue weighted by atomic mass is 10.1. The van der Waals surface area contributed by atoms with Crippen molar-refractivity contribution in [1.29, 1.82) is 0 Å². The molecule has 1 fully saturated rings. The summed E-state index contributed by atoms with van der Waals surface area (Å²) in [5, 5.41) is 10.8. The molecule has 1 aromatic carbocycles. The quantitative estimate of drug-likeness (QED) is 0.906. The van der Waals surface area contributed by atoms with Crippen molar-refractivity contribution in [3.05, 3.63) is 28.3 Å². The largest absolute Gasteiger partial charge is 0.491 e. The Kier molecular flexibility index (Phi) is 5.70. The van der Waals surface area contributed by atoms with Crippen LogP contribution in [0.15, 0.2) is 12.1 Å². The number of aliphatic hydroxyl groups is 1. The van der Waals surface area contributed by atoms with Gasteiger partial charge in [-0.3, -0.25) is 0 Å². The number of benzene rings is 1. The van der Waals surface area contributed by atoms with E-state index in [0.717, 1.165) is 35.0 Å². The SMILES string of the molecule is Cc1cc(OCC(O)CN2CCCCC2)cc(C)c1Cl. The fourth-order valence-corrected chi connectivity index (χ4v) is 2.78. The lowest BCUT2D eigenvalue weighted by Crippen LogP contribution is -2.38. The van der Waals surface area contributed by atoms with Gasteiger partial charge in [0.05, 0.1) is 0 Å². The van der Waals surface area contributed by atoms with Crippen LogP contribution in [0.5, 0.6) is 5.75 Å². The zero-order chi connectivity index (χ0) is 14.5. The Labute approximate surface area is 126 Å². The first-order valence-electron chi connectivity index (χ1n) is 7.36. The lowest BCUT2D eigenvalue weighted by molar-refractivity contribution is 0.0617. The molecular weight excluding hydrogens is 274 g/mol. The fraction of sp³-hybridized carbons (Fsp3) is 0.625. The van der Waals surface area contributed by atoms with Crippen molar-refractivity contribution in [3.8, 4) is 5.75 Å². The lowest BCUT2D eigenvalue weighted by Gasteiger charge is -2.28. The maximum atomic E-state index is 10.1. The zero-order valence-corrected chi connectivity index (χ0v) is 13.1. The van der Waals surface area contributed by atoms with Crippen LogP contribution in [-0.4, -0.2) is 42.4 Å². The maximum Gasteiger partial charge on any atom is 0.120 e. The number of ether oxygens (including phenoxy) is 1. The Morgan fingerprint density at radius 1 is 1.20 bits per heavy atom. The minimum absolute atomic E-state index is 0.330. The second-order valence-corrected chi connectivity index (χ2v) is 6.08. The van der Waals surface area contributed by atoms with Crippen molar-refractivity contribution in [2.75, 3.05) is 26.2 Å². The molecule has 1 saturated heterocycles. The van der Waals surface area contributed by atoms with Crippen LogP contribution in [0.4, 0.5) is 0 Å². The van der Waals surface area contributed by atoms with Gasteiger partial charge >= 0.3 is 0 Å². The van der Waals surface area contributed by atoms with Gasteiger partial charge in [0.25, 0.3) is 0 Å². The van der Waals surface area contributed by atoms with Gasteiger partial charge in [-0.25, -0.2) is 0 Å². The van der Waals surface area contributed by atoms with Crippen molar-refractivity contribution >= 4 is 11.6 Å². The molecule has 0 bridgehead atoms. The average Bonchev–Trinajstić information content (AvgIpc) is 2.43. The summed E-state index contributed by atoms with van der Waals surface area (Å²) in [6.07, 6.45) is 3.35. The summed E-state index contributed by atoms with van der Waals surface area (Å²) < 4.78 is 5.69. The Balaban J connectivity index is 1.82. The fourth-order valence-electron chi connectivity index (χ4n) is 2.67. The molecule has 1 aromatic rings. The highest BCUT2D eigenvalue weighted by Gasteiger charge is 2.15. The molecule has 20 heavy (non-hydrogen) atoms. The third kappa shape index (κ3) is 4.37. The molecule has 1 aliphatic heterocycles. The highest BCUT2D eigenvalue weighted by molar-refractivity contribution is 6.32. The molecule has 0 aliphatic carbocycles. The van der Waals surface area contributed by atoms with E-state index in [4.69, 9.17) is 16.3 Å². The van der Waals surface area contributed by atoms with Crippen LogP contribution >= 0.6 is 11.6 Å². The molecule has 1 aliphatic rings. The predicted octanol–water partition coefficient (Wildman–Crippen LogP) is 3.18. The van der Waals surface area contributed by atoms with Gasteiger partial charge in [-0.05, 0) is 63.0 Å². The summed E-state index contributed by atoms with van der Waals surface area (Å²) in [7, 11) is 0. The summed E-state index contributed by atoms with van der Waals surface area (Å²) >= 11 is 6.13. The summed E-state index contributed by atoms with van der Waals surface area (Å²) in [6.45, 7) is 7.15. The molecule has 112 valence electrons. The van der Waals surface area contributed by atoms with E-state index in [1.807, 2.05) is 26.0 Å². The molecule has 2 rings (SSSR count). The molecule has 0 radical (unpaired) electrons. The third-order valence-corrected chi connectivity index (χ3v) is 4.37. The first kappa shape index (κ1) is 15.6. The number of halogens is 1. The number of rotatable bonds is 5. The number of piperidine rings is 1. The zero-order valence-electron chi connectivity index (χ0n) is 12.4. The number of β-amino-alcohol motifs (C(OH)–C–C–N with tert-alkyl or cyclic N) is 1. The Morgan fingerprint density at radius 2 is 1.80 bits per heavy atom. The van der Waals surface area contributed by atoms with E-state index in [0.29, 0.717) is 13.2 Å². The Bertz CT molecular complexity index is 421. The molecule has 4 heteroatoms. The van der Waals surface area contributed by atoms with Gasteiger partial charge in [0.15, 0.2) is 0 Å². The molecule has 3 nitrogen and oxygen atoms in total. The van der Waals surface area contributed by atoms with Gasteiger partial charge in [0, 0.05) is 11.6 Å². The Hall–Kier alpha value is -0.770. The molecule has 1 atom stereocenters. The number of aliphatic hydroxyl groups excluding tert-OH is 1. The average molecular weight is 298 g/mol. The number of aryl methyl sites for hydroxylation is 2. The van der Waals surface area contributed by atoms with Gasteiger partial charge in [-0.2, -0.15) is 0 Å². The Morgan fingerprint density at radius 3 is 2.40 bits per heavy atom. The van der Waals surface area contributed by atoms with Gasteiger partial charge in [0.1, 0.15) is 18.5 Å². The molecule has 1 heterocycles. The van der Waals surface area contributed by atoms with Crippen LogP contribution < -0.4 is 4.74 Å². The van der Waals surface area contributed by atoms with E-state index in [1.54, 1.807) is 0 Å². The van der Waals surface area contributed by atoms with Gasteiger partial charge < -0.3 is 14.7 Å². The van der Waals surface area contributed by atoms with Crippen LogP contribution in [0.1, 0.15) is 30.4 Å². The van der Waals surface area contributed by atoms with Gasteiger partial charge in [0.2, 0.25) is 0 Å². The van der Waals surface area contributed by atoms with E-state index in [-0.39, 0.29) is 0 Å². The summed E-state index contributed by atoms with van der Waals surface area (Å²) in [5.41, 5.74) is 2.01. The molecule has 1 N–H and O–H groups in total. The van der Waals surface area contributed by atoms with Crippen LogP contribution in [0.25, 0.3) is 0 Å². The summed E-state index contributed by atoms with van der Waals surface area (Å²) in [6, 6.07) is 3.84. The summed E-state index contributed by atoms with van der Waals surface area (Å²) in [4.78, 5) is 2.32. The first-order valence-corrected chi connectivity index (χ1v) is 7.74. The third-order valence-electron chi connectivity index (χ3n) is 3.77. The maximum absolute atomic E-state index is 10.1. The smallest absolute Gasteiger partial charge is 0.120 e. The predicted molar refractivity (Wildman–Crippen MR) is 82.7 cm³/mol. The van der Waals surface area contributed by atoms with Gasteiger partial charge in [-0.1, -0.05) is 18.0 Å². The normalized spacial score (nSPS) is 18.0. The van der Waals surface area contributed by atoms with Crippen molar-refractivity contribution in [2.45, 2.75) is 39.2 Å². The van der Waals surface area contributed by atoms with Crippen LogP contribution in [-0.2, 0) is 0 Å². The summed E-state index contributed by atoms with van der Waals surface area (Å²) in [5.74, 6) is 0.780. The second kappa shape index (κ2) is 7.30. The monoisotopic (exact) mass is 297 g/mol.